The van der Waals surface area contributed by atoms with Crippen molar-refractivity contribution in [2.24, 2.45) is 0 Å². The molecular formula is C13H16O3. The van der Waals surface area contributed by atoms with Gasteiger partial charge in [0.25, 0.3) is 0 Å². The maximum absolute atomic E-state index is 9.91. The molecule has 1 heterocycles. The molecule has 0 aromatic heterocycles. The smallest absolute Gasteiger partial charge is 0.127 e. The van der Waals surface area contributed by atoms with Gasteiger partial charge in [-0.2, -0.15) is 0 Å². The van der Waals surface area contributed by atoms with Gasteiger partial charge in [0.05, 0.1) is 7.11 Å². The van der Waals surface area contributed by atoms with E-state index in [1.807, 2.05) is 19.9 Å². The molecule has 1 aliphatic rings. The lowest BCUT2D eigenvalue weighted by atomic mass is 9.99. The minimum Gasteiger partial charge on any atom is -0.508 e. The van der Waals surface area contributed by atoms with Crippen molar-refractivity contribution in [2.75, 3.05) is 7.11 Å². The first kappa shape index (κ1) is 10.9. The quantitative estimate of drug-likeness (QED) is 0.779. The standard InChI is InChI=1S/C13H16O3/c1-8(15-4)9-5-11(14)10-7-13(2,3)16-12(10)6-9/h5-6,14H,1,7H2,2-4H3. The van der Waals surface area contributed by atoms with Crippen LogP contribution in [0, 0.1) is 0 Å². The number of aromatic hydroxyl groups is 1. The van der Waals surface area contributed by atoms with Crippen LogP contribution in [0.5, 0.6) is 11.5 Å². The largest absolute Gasteiger partial charge is 0.508 e. The van der Waals surface area contributed by atoms with Gasteiger partial charge in [-0.25, -0.2) is 0 Å². The minimum absolute atomic E-state index is 0.247. The van der Waals surface area contributed by atoms with Gasteiger partial charge in [-0.05, 0) is 26.0 Å². The van der Waals surface area contributed by atoms with E-state index in [9.17, 15) is 5.11 Å². The van der Waals surface area contributed by atoms with Crippen LogP contribution < -0.4 is 4.74 Å². The summed E-state index contributed by atoms with van der Waals surface area (Å²) >= 11 is 0. The van der Waals surface area contributed by atoms with E-state index in [1.54, 1.807) is 13.2 Å². The number of rotatable bonds is 2. The Bertz CT molecular complexity index is 447. The number of ether oxygens (including phenoxy) is 2. The molecule has 0 unspecified atom stereocenters. The number of fused-ring (bicyclic) bond motifs is 1. The van der Waals surface area contributed by atoms with Gasteiger partial charge in [0, 0.05) is 17.5 Å². The number of phenolic OH excluding ortho intramolecular Hbond substituents is 1. The molecule has 1 N–H and O–H groups in total. The number of hydrogen-bond acceptors (Lipinski definition) is 3. The van der Waals surface area contributed by atoms with Gasteiger partial charge in [-0.3, -0.25) is 0 Å². The number of phenols is 1. The highest BCUT2D eigenvalue weighted by Crippen LogP contribution is 2.41. The van der Waals surface area contributed by atoms with Crippen molar-refractivity contribution < 1.29 is 14.6 Å². The van der Waals surface area contributed by atoms with E-state index in [1.165, 1.54) is 0 Å². The van der Waals surface area contributed by atoms with E-state index in [0.29, 0.717) is 12.2 Å². The van der Waals surface area contributed by atoms with Crippen LogP contribution in [0.3, 0.4) is 0 Å². The lowest BCUT2D eigenvalue weighted by molar-refractivity contribution is 0.138. The van der Waals surface area contributed by atoms with Crippen LogP contribution in [-0.2, 0) is 11.2 Å². The van der Waals surface area contributed by atoms with Crippen molar-refractivity contribution in [1.82, 2.24) is 0 Å². The molecule has 0 bridgehead atoms. The lowest BCUT2D eigenvalue weighted by Crippen LogP contribution is -2.24. The molecule has 1 aromatic rings. The summed E-state index contributed by atoms with van der Waals surface area (Å²) in [6.07, 6.45) is 0.716. The third-order valence-electron chi connectivity index (χ3n) is 2.74. The Morgan fingerprint density at radius 1 is 1.50 bits per heavy atom. The highest BCUT2D eigenvalue weighted by atomic mass is 16.5. The Hall–Kier alpha value is -1.64. The summed E-state index contributed by atoms with van der Waals surface area (Å²) in [5.41, 5.74) is 1.35. The molecule has 0 atom stereocenters. The number of hydrogen-bond donors (Lipinski definition) is 1. The third kappa shape index (κ3) is 1.73. The molecule has 1 aromatic carbocycles. The zero-order chi connectivity index (χ0) is 11.9. The van der Waals surface area contributed by atoms with Crippen molar-refractivity contribution in [3.8, 4) is 11.5 Å². The molecular weight excluding hydrogens is 204 g/mol. The van der Waals surface area contributed by atoms with Gasteiger partial charge in [0.15, 0.2) is 0 Å². The molecule has 0 fully saturated rings. The fraction of sp³-hybridized carbons (Fsp3) is 0.385. The summed E-state index contributed by atoms with van der Waals surface area (Å²) in [4.78, 5) is 0. The molecule has 0 aliphatic carbocycles. The summed E-state index contributed by atoms with van der Waals surface area (Å²) in [5, 5.41) is 9.91. The average Bonchev–Trinajstić information content (AvgIpc) is 2.52. The van der Waals surface area contributed by atoms with Gasteiger partial charge < -0.3 is 14.6 Å². The average molecular weight is 220 g/mol. The lowest BCUT2D eigenvalue weighted by Gasteiger charge is -2.16. The van der Waals surface area contributed by atoms with Crippen molar-refractivity contribution in [2.45, 2.75) is 25.9 Å². The van der Waals surface area contributed by atoms with Crippen LogP contribution in [0.25, 0.3) is 5.76 Å². The van der Waals surface area contributed by atoms with Crippen LogP contribution >= 0.6 is 0 Å². The highest BCUT2D eigenvalue weighted by Gasteiger charge is 2.32. The SMILES string of the molecule is C=C(OC)c1cc(O)c2c(c1)OC(C)(C)C2. The van der Waals surface area contributed by atoms with Crippen LogP contribution in [0.15, 0.2) is 18.7 Å². The predicted octanol–water partition coefficient (Wildman–Crippen LogP) is 2.72. The van der Waals surface area contributed by atoms with Gasteiger partial charge in [0.1, 0.15) is 22.9 Å². The number of benzene rings is 1. The minimum atomic E-state index is -0.257. The molecule has 0 amide bonds. The summed E-state index contributed by atoms with van der Waals surface area (Å²) in [7, 11) is 1.55. The van der Waals surface area contributed by atoms with Crippen LogP contribution in [0.2, 0.25) is 0 Å². The Morgan fingerprint density at radius 2 is 2.19 bits per heavy atom. The second kappa shape index (κ2) is 3.44. The van der Waals surface area contributed by atoms with Gasteiger partial charge >= 0.3 is 0 Å². The molecule has 3 nitrogen and oxygen atoms in total. The van der Waals surface area contributed by atoms with Crippen molar-refractivity contribution in [3.63, 3.8) is 0 Å². The Labute approximate surface area is 95.3 Å². The van der Waals surface area contributed by atoms with E-state index >= 15 is 0 Å². The first-order valence-corrected chi connectivity index (χ1v) is 5.21. The second-order valence-corrected chi connectivity index (χ2v) is 4.64. The Balaban J connectivity index is 2.46. The van der Waals surface area contributed by atoms with E-state index in [0.717, 1.165) is 16.9 Å². The molecule has 0 saturated carbocycles. The topological polar surface area (TPSA) is 38.7 Å². The van der Waals surface area contributed by atoms with E-state index in [-0.39, 0.29) is 11.4 Å². The Morgan fingerprint density at radius 3 is 2.81 bits per heavy atom. The third-order valence-corrected chi connectivity index (χ3v) is 2.74. The monoisotopic (exact) mass is 220 g/mol. The molecule has 1 aliphatic heterocycles. The maximum atomic E-state index is 9.91. The molecule has 86 valence electrons. The summed E-state index contributed by atoms with van der Waals surface area (Å²) in [5.74, 6) is 1.49. The zero-order valence-corrected chi connectivity index (χ0v) is 9.83. The first-order chi connectivity index (χ1) is 7.43. The second-order valence-electron chi connectivity index (χ2n) is 4.64. The van der Waals surface area contributed by atoms with Gasteiger partial charge in [-0.1, -0.05) is 6.58 Å². The Kier molecular flexibility index (Phi) is 2.34. The molecule has 0 radical (unpaired) electrons. The van der Waals surface area contributed by atoms with Gasteiger partial charge in [-0.15, -0.1) is 0 Å². The maximum Gasteiger partial charge on any atom is 0.127 e. The molecule has 16 heavy (non-hydrogen) atoms. The van der Waals surface area contributed by atoms with Crippen molar-refractivity contribution >= 4 is 5.76 Å². The van der Waals surface area contributed by atoms with E-state index in [2.05, 4.69) is 6.58 Å². The van der Waals surface area contributed by atoms with Crippen molar-refractivity contribution in [3.05, 3.63) is 29.8 Å². The molecule has 0 spiro atoms. The first-order valence-electron chi connectivity index (χ1n) is 5.21. The predicted molar refractivity (Wildman–Crippen MR) is 62.6 cm³/mol. The normalized spacial score (nSPS) is 16.4. The fourth-order valence-corrected chi connectivity index (χ4v) is 1.94. The summed E-state index contributed by atoms with van der Waals surface area (Å²) < 4.78 is 10.8. The summed E-state index contributed by atoms with van der Waals surface area (Å²) in [6.45, 7) is 7.75. The zero-order valence-electron chi connectivity index (χ0n) is 9.83. The van der Waals surface area contributed by atoms with Crippen LogP contribution in [0.1, 0.15) is 25.0 Å². The number of methoxy groups -OCH3 is 1. The summed E-state index contributed by atoms with van der Waals surface area (Å²) in [6, 6.07) is 3.52. The molecule has 2 rings (SSSR count). The fourth-order valence-electron chi connectivity index (χ4n) is 1.94. The molecule has 3 heteroatoms. The molecule has 0 saturated heterocycles. The van der Waals surface area contributed by atoms with Crippen LogP contribution in [0.4, 0.5) is 0 Å². The van der Waals surface area contributed by atoms with E-state index in [4.69, 9.17) is 9.47 Å². The van der Waals surface area contributed by atoms with E-state index < -0.39 is 0 Å². The van der Waals surface area contributed by atoms with Crippen molar-refractivity contribution in [1.29, 1.82) is 0 Å². The van der Waals surface area contributed by atoms with Gasteiger partial charge in [0.2, 0.25) is 0 Å². The van der Waals surface area contributed by atoms with Crippen LogP contribution in [-0.4, -0.2) is 17.8 Å². The highest BCUT2D eigenvalue weighted by molar-refractivity contribution is 5.64.